The minimum Gasteiger partial charge on any atom is -0.502 e. The smallest absolute Gasteiger partial charge is 0.119 e. The van der Waals surface area contributed by atoms with Gasteiger partial charge in [0, 0.05) is 10.6 Å². The first-order valence-corrected chi connectivity index (χ1v) is 12.3. The van der Waals surface area contributed by atoms with E-state index >= 15 is 0 Å². The molecule has 0 N–H and O–H groups in total. The fraction of sp³-hybridized carbons (Fsp3) is 0.267. The normalized spacial score (nSPS) is 10.4. The second-order valence-corrected chi connectivity index (χ2v) is 8.34. The lowest BCUT2D eigenvalue weighted by Gasteiger charge is -2.11. The summed E-state index contributed by atoms with van der Waals surface area (Å²) in [5.74, 6) is 1.70. The summed E-state index contributed by atoms with van der Waals surface area (Å²) in [4.78, 5) is 0. The van der Waals surface area contributed by atoms with E-state index in [9.17, 15) is 0 Å². The number of halogens is 1. The maximum Gasteiger partial charge on any atom is 0.119 e. The predicted octanol–water partition coefficient (Wildman–Crippen LogP) is 8.31. The Hall–Kier alpha value is -3.37. The van der Waals surface area contributed by atoms with E-state index in [0.29, 0.717) is 31.5 Å². The van der Waals surface area contributed by atoms with Gasteiger partial charge < -0.3 is 18.9 Å². The highest BCUT2D eigenvalue weighted by Gasteiger charge is 2.07. The van der Waals surface area contributed by atoms with Crippen molar-refractivity contribution in [3.05, 3.63) is 97.4 Å². The van der Waals surface area contributed by atoms with Crippen molar-refractivity contribution in [2.45, 2.75) is 25.7 Å². The van der Waals surface area contributed by atoms with Gasteiger partial charge in [0.1, 0.15) is 11.5 Å². The number of hydrogen-bond acceptors (Lipinski definition) is 4. The summed E-state index contributed by atoms with van der Waals surface area (Å²) < 4.78 is 21.8. The van der Waals surface area contributed by atoms with Crippen LogP contribution in [-0.2, 0) is 9.47 Å². The molecule has 0 aromatic heterocycles. The van der Waals surface area contributed by atoms with Gasteiger partial charge in [0.15, 0.2) is 0 Å². The van der Waals surface area contributed by atoms with Gasteiger partial charge in [-0.1, -0.05) is 61.2 Å². The molecule has 3 aromatic carbocycles. The molecule has 3 rings (SSSR count). The molecule has 0 radical (unpaired) electrons. The molecule has 0 amide bonds. The summed E-state index contributed by atoms with van der Waals surface area (Å²) in [7, 11) is 0. The average molecular weight is 493 g/mol. The monoisotopic (exact) mass is 492 g/mol. The summed E-state index contributed by atoms with van der Waals surface area (Å²) >= 11 is 6.66. The van der Waals surface area contributed by atoms with Gasteiger partial charge in [0.2, 0.25) is 0 Å². The van der Waals surface area contributed by atoms with Crippen molar-refractivity contribution in [1.29, 1.82) is 0 Å². The molecule has 0 unspecified atom stereocenters. The second kappa shape index (κ2) is 14.8. The van der Waals surface area contributed by atoms with E-state index in [1.54, 1.807) is 0 Å². The third-order valence-electron chi connectivity index (χ3n) is 5.41. The molecule has 0 aliphatic carbocycles. The van der Waals surface area contributed by atoms with Crippen molar-refractivity contribution in [1.82, 2.24) is 0 Å². The Morgan fingerprint density at radius 3 is 1.51 bits per heavy atom. The van der Waals surface area contributed by atoms with Crippen LogP contribution in [0.2, 0.25) is 5.02 Å². The van der Waals surface area contributed by atoms with Crippen LogP contribution in [0.1, 0.15) is 25.7 Å². The van der Waals surface area contributed by atoms with Crippen LogP contribution in [0.4, 0.5) is 0 Å². The molecule has 184 valence electrons. The van der Waals surface area contributed by atoms with Crippen LogP contribution in [0.5, 0.6) is 11.5 Å². The number of benzene rings is 3. The van der Waals surface area contributed by atoms with Crippen molar-refractivity contribution in [2.24, 2.45) is 0 Å². The van der Waals surface area contributed by atoms with Gasteiger partial charge in [-0.25, -0.2) is 0 Å². The SMILES string of the molecule is C=COCCCCOc1ccc(-c2ccc(-c3ccc(OCCCCOC=C)cc3)c(Cl)c2)cc1. The zero-order valence-electron chi connectivity index (χ0n) is 20.1. The van der Waals surface area contributed by atoms with Gasteiger partial charge in [-0.3, -0.25) is 0 Å². The molecular formula is C30H33ClO4. The van der Waals surface area contributed by atoms with Crippen LogP contribution < -0.4 is 9.47 Å². The maximum absolute atomic E-state index is 6.66. The molecule has 4 nitrogen and oxygen atoms in total. The Kier molecular flexibility index (Phi) is 11.1. The van der Waals surface area contributed by atoms with Crippen molar-refractivity contribution in [2.75, 3.05) is 26.4 Å². The van der Waals surface area contributed by atoms with Crippen molar-refractivity contribution in [3.63, 3.8) is 0 Å². The van der Waals surface area contributed by atoms with E-state index in [1.807, 2.05) is 42.5 Å². The van der Waals surface area contributed by atoms with E-state index < -0.39 is 0 Å². The largest absolute Gasteiger partial charge is 0.502 e. The standard InChI is InChI=1S/C30H33ClO4/c1-3-32-19-5-7-21-34-27-14-9-24(10-15-27)26-13-18-29(30(31)23-26)25-11-16-28(17-12-25)35-22-8-6-20-33-4-2/h3-4,9-18,23H,1-2,5-8,19-22H2. The summed E-state index contributed by atoms with van der Waals surface area (Å²) in [6.07, 6.45) is 6.68. The van der Waals surface area contributed by atoms with Crippen molar-refractivity contribution in [3.8, 4) is 33.8 Å². The molecule has 0 saturated carbocycles. The third kappa shape index (κ3) is 8.73. The quantitative estimate of drug-likeness (QED) is 0.149. The molecule has 0 bridgehead atoms. The van der Waals surface area contributed by atoms with Gasteiger partial charge in [0.25, 0.3) is 0 Å². The summed E-state index contributed by atoms with van der Waals surface area (Å²) in [6, 6.07) is 22.3. The Balaban J connectivity index is 1.52. The number of ether oxygens (including phenoxy) is 4. The fourth-order valence-corrected chi connectivity index (χ4v) is 3.81. The van der Waals surface area contributed by atoms with Crippen LogP contribution >= 0.6 is 11.6 Å². The Bertz CT molecular complexity index is 1040. The first-order valence-electron chi connectivity index (χ1n) is 11.9. The van der Waals surface area contributed by atoms with Gasteiger partial charge in [-0.2, -0.15) is 0 Å². The van der Waals surface area contributed by atoms with Crippen LogP contribution in [-0.4, -0.2) is 26.4 Å². The van der Waals surface area contributed by atoms with E-state index in [0.717, 1.165) is 59.4 Å². The van der Waals surface area contributed by atoms with E-state index in [1.165, 1.54) is 12.5 Å². The first-order chi connectivity index (χ1) is 17.2. The minimum atomic E-state index is 0.657. The van der Waals surface area contributed by atoms with Gasteiger partial charge in [0.05, 0.1) is 39.0 Å². The van der Waals surface area contributed by atoms with E-state index in [2.05, 4.69) is 37.4 Å². The lowest BCUT2D eigenvalue weighted by Crippen LogP contribution is -1.99. The maximum atomic E-state index is 6.66. The summed E-state index contributed by atoms with van der Waals surface area (Å²) in [5.41, 5.74) is 4.19. The van der Waals surface area contributed by atoms with Crippen LogP contribution in [0.15, 0.2) is 92.4 Å². The molecule has 5 heteroatoms. The number of unbranched alkanes of at least 4 members (excludes halogenated alkanes) is 2. The summed E-state index contributed by atoms with van der Waals surface area (Å²) in [6.45, 7) is 9.73. The Labute approximate surface area is 213 Å². The molecule has 0 aliphatic heterocycles. The van der Waals surface area contributed by atoms with Crippen LogP contribution in [0, 0.1) is 0 Å². The average Bonchev–Trinajstić information content (AvgIpc) is 2.89. The fourth-order valence-electron chi connectivity index (χ4n) is 3.52. The summed E-state index contributed by atoms with van der Waals surface area (Å²) in [5, 5.41) is 0.709. The van der Waals surface area contributed by atoms with Crippen molar-refractivity contribution >= 4 is 11.6 Å². The Morgan fingerprint density at radius 1 is 0.571 bits per heavy atom. The molecule has 0 aliphatic rings. The second-order valence-electron chi connectivity index (χ2n) is 7.93. The zero-order chi connectivity index (χ0) is 24.7. The number of hydrogen-bond donors (Lipinski definition) is 0. The molecule has 0 spiro atoms. The first kappa shape index (κ1) is 26.2. The highest BCUT2D eigenvalue weighted by Crippen LogP contribution is 2.33. The Morgan fingerprint density at radius 2 is 1.03 bits per heavy atom. The van der Waals surface area contributed by atoms with Gasteiger partial charge in [-0.15, -0.1) is 0 Å². The lowest BCUT2D eigenvalue weighted by molar-refractivity contribution is 0.226. The highest BCUT2D eigenvalue weighted by atomic mass is 35.5. The molecular weight excluding hydrogens is 460 g/mol. The molecule has 3 aromatic rings. The molecule has 0 saturated heterocycles. The van der Waals surface area contributed by atoms with E-state index in [-0.39, 0.29) is 0 Å². The van der Waals surface area contributed by atoms with Crippen molar-refractivity contribution < 1.29 is 18.9 Å². The van der Waals surface area contributed by atoms with Crippen LogP contribution in [0.25, 0.3) is 22.3 Å². The number of rotatable bonds is 16. The van der Waals surface area contributed by atoms with E-state index in [4.69, 9.17) is 30.5 Å². The predicted molar refractivity (Wildman–Crippen MR) is 144 cm³/mol. The topological polar surface area (TPSA) is 36.9 Å². The zero-order valence-corrected chi connectivity index (χ0v) is 20.8. The van der Waals surface area contributed by atoms with Gasteiger partial charge in [-0.05, 0) is 72.7 Å². The molecule has 0 fully saturated rings. The molecule has 0 atom stereocenters. The highest BCUT2D eigenvalue weighted by molar-refractivity contribution is 6.33. The van der Waals surface area contributed by atoms with Gasteiger partial charge >= 0.3 is 0 Å². The third-order valence-corrected chi connectivity index (χ3v) is 5.72. The van der Waals surface area contributed by atoms with Crippen LogP contribution in [0.3, 0.4) is 0 Å². The lowest BCUT2D eigenvalue weighted by atomic mass is 10.00. The molecule has 0 heterocycles. The minimum absolute atomic E-state index is 0.657. The molecule has 35 heavy (non-hydrogen) atoms.